The topological polar surface area (TPSA) is 12.0 Å². The molecule has 16 heavy (non-hydrogen) atoms. The molecule has 0 aromatic carbocycles. The molecule has 0 aliphatic carbocycles. The Morgan fingerprint density at radius 2 is 1.31 bits per heavy atom. The molecule has 0 aliphatic rings. The first kappa shape index (κ1) is 17.8. The van der Waals surface area contributed by atoms with E-state index >= 15 is 0 Å². The quantitative estimate of drug-likeness (QED) is 0.606. The predicted molar refractivity (Wildman–Crippen MR) is 86.0 cm³/mol. The molecule has 0 rings (SSSR count). The summed E-state index contributed by atoms with van der Waals surface area (Å²) in [5, 5.41) is 0.552. The molecule has 0 unspecified atom stereocenters. The van der Waals surface area contributed by atoms with E-state index < -0.39 is 45.4 Å². The minimum atomic E-state index is -1.95. The first-order chi connectivity index (χ1) is 6.66. The number of hydrogen-bond donors (Lipinski definition) is 1. The van der Waals surface area contributed by atoms with Crippen LogP contribution >= 0.6 is 0 Å². The Morgan fingerprint density at radius 3 is 1.56 bits per heavy atom. The van der Waals surface area contributed by atoms with Gasteiger partial charge in [0.1, 0.15) is 0 Å². The van der Waals surface area contributed by atoms with Gasteiger partial charge in [0.05, 0.1) is 0 Å². The van der Waals surface area contributed by atoms with E-state index in [2.05, 4.69) is 60.3 Å². The normalized spacial score (nSPS) is 15.4. The molecule has 0 heterocycles. The second-order valence-electron chi connectivity index (χ2n) is 8.57. The van der Waals surface area contributed by atoms with Crippen LogP contribution in [0.2, 0.25) is 46.9 Å². The van der Waals surface area contributed by atoms with Crippen molar-refractivity contribution in [1.82, 2.24) is 1.76 Å². The molecule has 1 N–H and O–H groups in total. The molecule has 0 aromatic rings. The standard InChI is InChI=1S/C7H17Si.5CH3.HN.2Sn/c1-7(2,3)8(4,5)6;;;;;;;;/h4H2,1-3,5-6H3;5*1H3;1H;;. The van der Waals surface area contributed by atoms with Crippen molar-refractivity contribution >= 4 is 45.4 Å². The van der Waals surface area contributed by atoms with Crippen LogP contribution in [-0.2, 0) is 0 Å². The Hall–Kier alpha value is 1.77. The van der Waals surface area contributed by atoms with Gasteiger partial charge in [-0.15, -0.1) is 0 Å². The van der Waals surface area contributed by atoms with Gasteiger partial charge in [-0.05, 0) is 0 Å². The average Bonchev–Trinajstić information content (AvgIpc) is 1.72. The summed E-state index contributed by atoms with van der Waals surface area (Å²) in [5.41, 5.74) is 0. The summed E-state index contributed by atoms with van der Waals surface area (Å²) in [4.78, 5) is 12.8. The number of hydrogen-bond acceptors (Lipinski definition) is 1. The van der Waals surface area contributed by atoms with Crippen molar-refractivity contribution < 1.29 is 0 Å². The van der Waals surface area contributed by atoms with Gasteiger partial charge in [0.25, 0.3) is 0 Å². The van der Waals surface area contributed by atoms with Crippen LogP contribution in [0.4, 0.5) is 0 Å². The van der Waals surface area contributed by atoms with Crippen molar-refractivity contribution in [2.75, 3.05) is 0 Å². The van der Waals surface area contributed by atoms with E-state index in [-0.39, 0.29) is 0 Å². The fraction of sp³-hybridized carbons (Fsp3) is 1.00. The zero-order chi connectivity index (χ0) is 13.4. The van der Waals surface area contributed by atoms with E-state index in [9.17, 15) is 0 Å². The predicted octanol–water partition coefficient (Wildman–Crippen LogP) is 4.66. The molecule has 0 fully saturated rings. The van der Waals surface area contributed by atoms with Gasteiger partial charge in [0, 0.05) is 0 Å². The monoisotopic (exact) mass is 459 g/mol. The Labute approximate surface area is 114 Å². The van der Waals surface area contributed by atoms with E-state index in [1.54, 1.807) is 4.06 Å². The van der Waals surface area contributed by atoms with Crippen LogP contribution in [0.3, 0.4) is 0 Å². The van der Waals surface area contributed by atoms with Crippen LogP contribution in [0.25, 0.3) is 0 Å². The van der Waals surface area contributed by atoms with Gasteiger partial charge in [0.15, 0.2) is 0 Å². The van der Waals surface area contributed by atoms with Crippen LogP contribution in [-0.4, -0.2) is 45.4 Å². The molecule has 98 valence electrons. The van der Waals surface area contributed by atoms with Crippen LogP contribution in [0.1, 0.15) is 20.8 Å². The van der Waals surface area contributed by atoms with Gasteiger partial charge < -0.3 is 0 Å². The Kier molecular flexibility index (Phi) is 6.01. The third kappa shape index (κ3) is 6.64. The molecular weight excluding hydrogens is 424 g/mol. The summed E-state index contributed by atoms with van der Waals surface area (Å²) in [5.74, 6) is 0. The van der Waals surface area contributed by atoms with Gasteiger partial charge in [-0.25, -0.2) is 0 Å². The summed E-state index contributed by atoms with van der Waals surface area (Å²) in [7, 11) is -1.08. The molecule has 0 saturated carbocycles. The maximum atomic E-state index is 4.18. The van der Waals surface area contributed by atoms with Gasteiger partial charge in [-0.1, -0.05) is 0 Å². The van der Waals surface area contributed by atoms with Crippen molar-refractivity contribution in [2.24, 2.45) is 0 Å². The van der Waals surface area contributed by atoms with Gasteiger partial charge >= 0.3 is 115 Å². The van der Waals surface area contributed by atoms with E-state index in [1.165, 1.54) is 0 Å². The third-order valence-corrected chi connectivity index (χ3v) is 56.0. The Morgan fingerprint density at radius 1 is 0.938 bits per heavy atom. The molecule has 0 amide bonds. The maximum absolute atomic E-state index is 4.18. The molecule has 0 aliphatic heterocycles. The molecular formula is C12H33NSiSn2. The number of nitrogens with one attached hydrogen (secondary N) is 1. The van der Waals surface area contributed by atoms with Crippen molar-refractivity contribution in [3.05, 3.63) is 0 Å². The molecule has 0 saturated heterocycles. The van der Waals surface area contributed by atoms with Crippen LogP contribution in [0.5, 0.6) is 0 Å². The fourth-order valence-electron chi connectivity index (χ4n) is 2.43. The second kappa shape index (κ2) is 5.41. The molecule has 0 bridgehead atoms. The number of rotatable bonds is 4. The van der Waals surface area contributed by atoms with E-state index in [4.69, 9.17) is 0 Å². The van der Waals surface area contributed by atoms with E-state index in [1.807, 2.05) is 0 Å². The van der Waals surface area contributed by atoms with Crippen LogP contribution in [0.15, 0.2) is 0 Å². The summed E-state index contributed by atoms with van der Waals surface area (Å²) in [6, 6.07) is 0. The molecule has 0 atom stereocenters. The Bertz CT molecular complexity index is 236. The summed E-state index contributed by atoms with van der Waals surface area (Å²) in [6.45, 7) is 12.5. The van der Waals surface area contributed by atoms with Crippen molar-refractivity contribution in [1.29, 1.82) is 0 Å². The van der Waals surface area contributed by atoms with Crippen LogP contribution in [0, 0.1) is 0 Å². The molecule has 0 spiro atoms. The zero-order valence-corrected chi connectivity index (χ0v) is 19.9. The van der Waals surface area contributed by atoms with Crippen molar-refractivity contribution in [3.8, 4) is 0 Å². The van der Waals surface area contributed by atoms with Crippen molar-refractivity contribution in [3.63, 3.8) is 0 Å². The molecule has 0 aromatic heterocycles. The first-order valence-corrected chi connectivity index (χ1v) is 28.8. The van der Waals surface area contributed by atoms with Gasteiger partial charge in [-0.2, -0.15) is 0 Å². The molecule has 0 radical (unpaired) electrons. The fourth-order valence-corrected chi connectivity index (χ4v) is 79.2. The molecule has 4 heteroatoms. The average molecular weight is 457 g/mol. The van der Waals surface area contributed by atoms with Crippen LogP contribution < -0.4 is 1.76 Å². The second-order valence-corrected chi connectivity index (χ2v) is 46.3. The first-order valence-electron chi connectivity index (χ1n) is 6.46. The zero-order valence-electron chi connectivity index (χ0n) is 13.2. The van der Waals surface area contributed by atoms with E-state index in [0.717, 1.165) is 0 Å². The summed E-state index contributed by atoms with van der Waals surface area (Å²) < 4.78 is 5.76. The van der Waals surface area contributed by atoms with Gasteiger partial charge in [0.2, 0.25) is 0 Å². The molecule has 1 nitrogen and oxygen atoms in total. The summed E-state index contributed by atoms with van der Waals surface area (Å²) in [6.07, 6.45) is 0. The third-order valence-electron chi connectivity index (χ3n) is 3.63. The minimum absolute atomic E-state index is 0.552. The summed E-state index contributed by atoms with van der Waals surface area (Å²) >= 11 is -3.74. The van der Waals surface area contributed by atoms with E-state index in [0.29, 0.717) is 5.04 Å². The SMILES string of the molecule is CC(C)(C)[Si](C)(C)[CH2][Sn]([CH3])([CH3])[NH][Sn]([CH3])([CH3])[CH3]. The Balaban J connectivity index is 4.72. The van der Waals surface area contributed by atoms with Gasteiger partial charge in [-0.3, -0.25) is 0 Å². The van der Waals surface area contributed by atoms with Crippen molar-refractivity contribution in [2.45, 2.75) is 67.7 Å².